The van der Waals surface area contributed by atoms with Crippen molar-refractivity contribution in [1.29, 1.82) is 0 Å². The largest absolute Gasteiger partial charge is 0.480 e. The molecule has 0 fully saturated rings. The van der Waals surface area contributed by atoms with E-state index in [1.165, 1.54) is 0 Å². The number of carbonyl (C=O) groups excluding carboxylic acids is 3. The highest BCUT2D eigenvalue weighted by molar-refractivity contribution is 7.80. The highest BCUT2D eigenvalue weighted by Crippen LogP contribution is 2.02. The molecular weight excluding hydrogens is 416 g/mol. The molecule has 0 saturated carbocycles. The Morgan fingerprint density at radius 3 is 1.87 bits per heavy atom. The van der Waals surface area contributed by atoms with E-state index in [9.17, 15) is 24.3 Å². The third-order valence-electron chi connectivity index (χ3n) is 4.06. The number of rotatable bonds is 12. The molecule has 1 aromatic rings. The fourth-order valence-electron chi connectivity index (χ4n) is 2.36. The first-order valence-corrected chi connectivity index (χ1v) is 9.62. The van der Waals surface area contributed by atoms with Crippen molar-refractivity contribution in [3.8, 4) is 0 Å². The van der Waals surface area contributed by atoms with Gasteiger partial charge in [0, 0.05) is 5.75 Å². The van der Waals surface area contributed by atoms with E-state index in [0.29, 0.717) is 0 Å². The quantitative estimate of drug-likeness (QED) is 0.157. The summed E-state index contributed by atoms with van der Waals surface area (Å²) in [6.45, 7) is -1.60. The Hall–Kier alpha value is -2.67. The van der Waals surface area contributed by atoms with Crippen LogP contribution in [0.2, 0.25) is 0 Å². The maximum atomic E-state index is 12.3. The molecule has 1 aromatic carbocycles. The van der Waals surface area contributed by atoms with Crippen molar-refractivity contribution >= 4 is 36.3 Å². The second kappa shape index (κ2) is 12.8. The molecular formula is C18H26N4O7S. The topological polar surface area (TPSA) is 191 Å². The normalized spacial score (nSPS) is 14.7. The number of aliphatic hydroxyl groups is 2. The summed E-state index contributed by atoms with van der Waals surface area (Å²) >= 11 is 3.93. The lowest BCUT2D eigenvalue weighted by Gasteiger charge is -2.23. The lowest BCUT2D eigenvalue weighted by molar-refractivity contribution is -0.143. The number of carboxylic acid groups (broad SMARTS) is 1. The second-order valence-corrected chi connectivity index (χ2v) is 6.73. The van der Waals surface area contributed by atoms with Crippen LogP contribution in [0.3, 0.4) is 0 Å². The number of thiol groups is 1. The zero-order valence-electron chi connectivity index (χ0n) is 16.0. The minimum absolute atomic E-state index is 0.199. The summed E-state index contributed by atoms with van der Waals surface area (Å²) in [4.78, 5) is 47.6. The van der Waals surface area contributed by atoms with Crippen molar-refractivity contribution in [3.63, 3.8) is 0 Å². The van der Waals surface area contributed by atoms with Crippen LogP contribution < -0.4 is 21.7 Å². The number of nitrogens with one attached hydrogen (secondary N) is 3. The molecule has 8 N–H and O–H groups in total. The molecule has 0 radical (unpaired) electrons. The third-order valence-corrected chi connectivity index (χ3v) is 4.43. The Bertz CT molecular complexity index is 735. The van der Waals surface area contributed by atoms with Crippen molar-refractivity contribution in [2.24, 2.45) is 5.73 Å². The van der Waals surface area contributed by atoms with Crippen LogP contribution in [0.1, 0.15) is 5.56 Å². The lowest BCUT2D eigenvalue weighted by Crippen LogP contribution is -2.59. The molecule has 0 heterocycles. The van der Waals surface area contributed by atoms with Crippen LogP contribution >= 0.6 is 12.6 Å². The molecule has 166 valence electrons. The molecule has 4 atom stereocenters. The second-order valence-electron chi connectivity index (χ2n) is 6.37. The van der Waals surface area contributed by atoms with Crippen LogP contribution in [-0.2, 0) is 25.6 Å². The number of carbonyl (C=O) groups is 4. The van der Waals surface area contributed by atoms with Crippen LogP contribution in [0.4, 0.5) is 0 Å². The maximum absolute atomic E-state index is 12.3. The van der Waals surface area contributed by atoms with Gasteiger partial charge in [-0.25, -0.2) is 4.79 Å². The van der Waals surface area contributed by atoms with Gasteiger partial charge in [-0.1, -0.05) is 30.3 Å². The number of aliphatic hydroxyl groups excluding tert-OH is 2. The molecule has 12 heteroatoms. The van der Waals surface area contributed by atoms with E-state index >= 15 is 0 Å². The first-order valence-electron chi connectivity index (χ1n) is 8.99. The van der Waals surface area contributed by atoms with Gasteiger partial charge in [0.2, 0.25) is 17.7 Å². The number of carboxylic acids is 1. The molecule has 1 rings (SSSR count). The molecule has 11 nitrogen and oxygen atoms in total. The fourth-order valence-corrected chi connectivity index (χ4v) is 2.61. The molecule has 0 saturated heterocycles. The summed E-state index contributed by atoms with van der Waals surface area (Å²) in [5.74, 6) is -4.12. The van der Waals surface area contributed by atoms with Gasteiger partial charge >= 0.3 is 5.97 Å². The van der Waals surface area contributed by atoms with Crippen molar-refractivity contribution in [2.75, 3.05) is 19.0 Å². The van der Waals surface area contributed by atoms with Crippen molar-refractivity contribution in [3.05, 3.63) is 35.9 Å². The van der Waals surface area contributed by atoms with Crippen molar-refractivity contribution in [1.82, 2.24) is 16.0 Å². The van der Waals surface area contributed by atoms with Gasteiger partial charge in [0.05, 0.1) is 19.3 Å². The number of hydrogen-bond acceptors (Lipinski definition) is 8. The highest BCUT2D eigenvalue weighted by Gasteiger charge is 2.29. The summed E-state index contributed by atoms with van der Waals surface area (Å²) in [6, 6.07) is 3.79. The van der Waals surface area contributed by atoms with Crippen LogP contribution in [0.5, 0.6) is 0 Å². The third kappa shape index (κ3) is 7.99. The molecule has 0 aliphatic heterocycles. The predicted octanol–water partition coefficient (Wildman–Crippen LogP) is -2.99. The van der Waals surface area contributed by atoms with Crippen molar-refractivity contribution in [2.45, 2.75) is 30.6 Å². The Kier molecular flexibility index (Phi) is 10.8. The van der Waals surface area contributed by atoms with Crippen molar-refractivity contribution < 1.29 is 34.5 Å². The Balaban J connectivity index is 2.68. The van der Waals surface area contributed by atoms with E-state index in [1.54, 1.807) is 24.3 Å². The summed E-state index contributed by atoms with van der Waals surface area (Å²) in [5.41, 5.74) is 6.66. The predicted molar refractivity (Wildman–Crippen MR) is 110 cm³/mol. The number of amides is 3. The van der Waals surface area contributed by atoms with Gasteiger partial charge < -0.3 is 37.0 Å². The molecule has 0 aromatic heterocycles. The first-order chi connectivity index (χ1) is 14.2. The standard InChI is InChI=1S/C18H26N4O7S/c19-11(6-10-4-2-1-3-5-10)15(25)20-12(7-23)16(26)22-14(9-30)17(27)21-13(8-24)18(28)29/h1-5,11-14,23-24,30H,6-9,19H2,(H,20,25)(H,21,27)(H,22,26)(H,28,29). The van der Waals surface area contributed by atoms with E-state index < -0.39 is 61.1 Å². The van der Waals surface area contributed by atoms with E-state index in [-0.39, 0.29) is 12.2 Å². The van der Waals surface area contributed by atoms with E-state index in [2.05, 4.69) is 23.3 Å². The molecule has 0 spiro atoms. The van der Waals surface area contributed by atoms with Gasteiger partial charge in [-0.2, -0.15) is 12.6 Å². The number of benzene rings is 1. The summed E-state index contributed by atoms with van der Waals surface area (Å²) < 4.78 is 0. The van der Waals surface area contributed by atoms with Crippen LogP contribution in [0.25, 0.3) is 0 Å². The number of aliphatic carboxylic acids is 1. The lowest BCUT2D eigenvalue weighted by atomic mass is 10.1. The Labute approximate surface area is 178 Å². The smallest absolute Gasteiger partial charge is 0.328 e. The van der Waals surface area contributed by atoms with Crippen LogP contribution in [-0.4, -0.2) is 82.1 Å². The number of nitrogens with two attached hydrogens (primary N) is 1. The molecule has 4 unspecified atom stereocenters. The van der Waals surface area contributed by atoms with E-state index in [0.717, 1.165) is 5.56 Å². The molecule has 0 bridgehead atoms. The Morgan fingerprint density at radius 2 is 1.37 bits per heavy atom. The zero-order valence-corrected chi connectivity index (χ0v) is 16.9. The number of hydrogen-bond donors (Lipinski definition) is 8. The summed E-state index contributed by atoms with van der Waals surface area (Å²) in [7, 11) is 0. The van der Waals surface area contributed by atoms with E-state index in [1.807, 2.05) is 11.4 Å². The van der Waals surface area contributed by atoms with Crippen LogP contribution in [0, 0.1) is 0 Å². The molecule has 0 aliphatic carbocycles. The fraction of sp³-hybridized carbons (Fsp3) is 0.444. The van der Waals surface area contributed by atoms with Gasteiger partial charge in [-0.3, -0.25) is 14.4 Å². The van der Waals surface area contributed by atoms with Crippen LogP contribution in [0.15, 0.2) is 30.3 Å². The summed E-state index contributed by atoms with van der Waals surface area (Å²) in [5, 5.41) is 33.9. The first kappa shape index (κ1) is 25.4. The average molecular weight is 442 g/mol. The minimum Gasteiger partial charge on any atom is -0.480 e. The minimum atomic E-state index is -1.55. The monoisotopic (exact) mass is 442 g/mol. The Morgan fingerprint density at radius 1 is 0.867 bits per heavy atom. The SMILES string of the molecule is NC(Cc1ccccc1)C(=O)NC(CO)C(=O)NC(CS)C(=O)NC(CO)C(=O)O. The van der Waals surface area contributed by atoms with Gasteiger partial charge in [-0.15, -0.1) is 0 Å². The summed E-state index contributed by atoms with van der Waals surface area (Å²) in [6.07, 6.45) is 0.214. The molecule has 0 aliphatic rings. The van der Waals surface area contributed by atoms with E-state index in [4.69, 9.17) is 15.9 Å². The molecule has 3 amide bonds. The average Bonchev–Trinajstić information content (AvgIpc) is 2.73. The highest BCUT2D eigenvalue weighted by atomic mass is 32.1. The van der Waals surface area contributed by atoms with Gasteiger partial charge in [0.1, 0.15) is 18.1 Å². The maximum Gasteiger partial charge on any atom is 0.328 e. The molecule has 30 heavy (non-hydrogen) atoms. The van der Waals surface area contributed by atoms with Gasteiger partial charge in [-0.05, 0) is 12.0 Å². The zero-order chi connectivity index (χ0) is 22.7. The van der Waals surface area contributed by atoms with Gasteiger partial charge in [0.15, 0.2) is 0 Å². The van der Waals surface area contributed by atoms with Gasteiger partial charge in [0.25, 0.3) is 0 Å².